The molecular formula is C18H29N5O. The van der Waals surface area contributed by atoms with Crippen LogP contribution in [-0.4, -0.2) is 69.8 Å². The van der Waals surface area contributed by atoms with Gasteiger partial charge in [0.15, 0.2) is 0 Å². The van der Waals surface area contributed by atoms with E-state index >= 15 is 0 Å². The number of piperidine rings is 1. The molecule has 0 unspecified atom stereocenters. The average Bonchev–Trinajstić information content (AvgIpc) is 3.24. The van der Waals surface area contributed by atoms with Crippen LogP contribution < -0.4 is 0 Å². The van der Waals surface area contributed by atoms with E-state index in [9.17, 15) is 4.79 Å². The molecule has 132 valence electrons. The molecule has 6 heteroatoms. The maximum absolute atomic E-state index is 12.9. The zero-order chi connectivity index (χ0) is 16.4. The van der Waals surface area contributed by atoms with Gasteiger partial charge < -0.3 is 14.7 Å². The van der Waals surface area contributed by atoms with E-state index in [4.69, 9.17) is 0 Å². The molecule has 4 heterocycles. The van der Waals surface area contributed by atoms with Crippen molar-refractivity contribution in [3.05, 3.63) is 18.0 Å². The van der Waals surface area contributed by atoms with Gasteiger partial charge in [0.25, 0.3) is 0 Å². The minimum absolute atomic E-state index is 0.228. The molecule has 3 aliphatic rings. The zero-order valence-corrected chi connectivity index (χ0v) is 14.6. The molecule has 0 aromatic carbocycles. The minimum Gasteiger partial charge on any atom is -0.325 e. The van der Waals surface area contributed by atoms with E-state index in [1.165, 1.54) is 38.0 Å². The van der Waals surface area contributed by atoms with E-state index in [1.54, 1.807) is 0 Å². The molecule has 4 rings (SSSR count). The van der Waals surface area contributed by atoms with Crippen LogP contribution in [0, 0.1) is 5.92 Å². The summed E-state index contributed by atoms with van der Waals surface area (Å²) in [6.45, 7) is 7.84. The molecule has 0 N–H and O–H groups in total. The Bertz CT molecular complexity index is 560. The monoisotopic (exact) mass is 331 g/mol. The molecule has 0 radical (unpaired) electrons. The molecule has 0 bridgehead atoms. The van der Waals surface area contributed by atoms with Crippen LogP contribution in [0.2, 0.25) is 0 Å². The van der Waals surface area contributed by atoms with E-state index < -0.39 is 0 Å². The highest BCUT2D eigenvalue weighted by Gasteiger charge is 2.30. The summed E-state index contributed by atoms with van der Waals surface area (Å²) < 4.78 is 2.12. The minimum atomic E-state index is 0.228. The number of fused-ring (bicyclic) bond motifs is 1. The van der Waals surface area contributed by atoms with Crippen LogP contribution in [0.4, 0.5) is 4.79 Å². The van der Waals surface area contributed by atoms with Gasteiger partial charge in [-0.05, 0) is 44.8 Å². The van der Waals surface area contributed by atoms with Crippen molar-refractivity contribution >= 4 is 6.03 Å². The van der Waals surface area contributed by atoms with Crippen molar-refractivity contribution in [2.45, 2.75) is 45.2 Å². The van der Waals surface area contributed by atoms with E-state index in [0.29, 0.717) is 12.5 Å². The Morgan fingerprint density at radius 3 is 2.54 bits per heavy atom. The predicted molar refractivity (Wildman–Crippen MR) is 92.6 cm³/mol. The van der Waals surface area contributed by atoms with Crippen molar-refractivity contribution < 1.29 is 4.79 Å². The van der Waals surface area contributed by atoms with E-state index in [-0.39, 0.29) is 6.03 Å². The lowest BCUT2D eigenvalue weighted by molar-refractivity contribution is 0.135. The molecule has 1 aromatic heterocycles. The molecule has 2 amide bonds. The fourth-order valence-corrected chi connectivity index (χ4v) is 4.41. The smallest absolute Gasteiger partial charge is 0.320 e. The van der Waals surface area contributed by atoms with Crippen molar-refractivity contribution in [1.29, 1.82) is 0 Å². The highest BCUT2D eigenvalue weighted by atomic mass is 16.2. The van der Waals surface area contributed by atoms with Crippen molar-refractivity contribution in [2.24, 2.45) is 5.92 Å². The van der Waals surface area contributed by atoms with Crippen LogP contribution in [0.1, 0.15) is 37.8 Å². The summed E-state index contributed by atoms with van der Waals surface area (Å²) in [7, 11) is 0. The van der Waals surface area contributed by atoms with E-state index in [0.717, 1.165) is 45.6 Å². The van der Waals surface area contributed by atoms with Crippen LogP contribution in [0.3, 0.4) is 0 Å². The Labute approximate surface area is 144 Å². The first-order valence-electron chi connectivity index (χ1n) is 9.56. The van der Waals surface area contributed by atoms with Gasteiger partial charge in [-0.2, -0.15) is 5.10 Å². The summed E-state index contributed by atoms with van der Waals surface area (Å²) in [5.41, 5.74) is 1.17. The van der Waals surface area contributed by atoms with Crippen LogP contribution in [-0.2, 0) is 13.1 Å². The number of carbonyl (C=O) groups excluding carboxylic acids is 1. The fraction of sp³-hybridized carbons (Fsp3) is 0.778. The average molecular weight is 331 g/mol. The molecule has 24 heavy (non-hydrogen) atoms. The summed E-state index contributed by atoms with van der Waals surface area (Å²) in [6, 6.07) is 2.29. The fourth-order valence-electron chi connectivity index (χ4n) is 4.41. The SMILES string of the molecule is O=C(N1CCCC1)N1Cc2ccnn2C[C@H](CN2CCCCC2)C1. The number of rotatable bonds is 2. The summed E-state index contributed by atoms with van der Waals surface area (Å²) >= 11 is 0. The van der Waals surface area contributed by atoms with Crippen molar-refractivity contribution in [1.82, 2.24) is 24.5 Å². The van der Waals surface area contributed by atoms with Crippen LogP contribution in [0.25, 0.3) is 0 Å². The van der Waals surface area contributed by atoms with Crippen LogP contribution >= 0.6 is 0 Å². The molecule has 1 atom stereocenters. The Kier molecular flexibility index (Phi) is 4.74. The second-order valence-corrected chi connectivity index (χ2v) is 7.59. The Hall–Kier alpha value is -1.56. The third-order valence-electron chi connectivity index (χ3n) is 5.68. The predicted octanol–water partition coefficient (Wildman–Crippen LogP) is 2.02. The van der Waals surface area contributed by atoms with Gasteiger partial charge in [-0.3, -0.25) is 4.68 Å². The lowest BCUT2D eigenvalue weighted by Crippen LogP contribution is -2.45. The summed E-state index contributed by atoms with van der Waals surface area (Å²) in [4.78, 5) is 19.6. The lowest BCUT2D eigenvalue weighted by Gasteiger charge is -2.33. The Morgan fingerprint density at radius 2 is 1.75 bits per heavy atom. The lowest BCUT2D eigenvalue weighted by atomic mass is 10.1. The Morgan fingerprint density at radius 1 is 1.00 bits per heavy atom. The van der Waals surface area contributed by atoms with Gasteiger partial charge in [-0.15, -0.1) is 0 Å². The normalized spacial score (nSPS) is 25.6. The second-order valence-electron chi connectivity index (χ2n) is 7.59. The Balaban J connectivity index is 1.48. The van der Waals surface area contributed by atoms with E-state index in [2.05, 4.69) is 25.6 Å². The number of likely N-dealkylation sites (tertiary alicyclic amines) is 2. The summed E-state index contributed by atoms with van der Waals surface area (Å²) in [5, 5.41) is 4.50. The van der Waals surface area contributed by atoms with Gasteiger partial charge in [0.1, 0.15) is 0 Å². The molecule has 0 aliphatic carbocycles. The molecule has 3 aliphatic heterocycles. The quantitative estimate of drug-likeness (QED) is 0.833. The molecule has 0 spiro atoms. The number of amides is 2. The first-order valence-corrected chi connectivity index (χ1v) is 9.56. The van der Waals surface area contributed by atoms with Crippen molar-refractivity contribution in [3.63, 3.8) is 0 Å². The van der Waals surface area contributed by atoms with Crippen molar-refractivity contribution in [3.8, 4) is 0 Å². The third-order valence-corrected chi connectivity index (χ3v) is 5.68. The summed E-state index contributed by atoms with van der Waals surface area (Å²) in [5.74, 6) is 0.468. The number of urea groups is 1. The first kappa shape index (κ1) is 15.9. The molecule has 6 nitrogen and oxygen atoms in total. The number of hydrogen-bond donors (Lipinski definition) is 0. The van der Waals surface area contributed by atoms with Crippen molar-refractivity contribution in [2.75, 3.05) is 39.3 Å². The maximum Gasteiger partial charge on any atom is 0.320 e. The molecule has 2 fully saturated rings. The molecule has 1 aromatic rings. The molecular weight excluding hydrogens is 302 g/mol. The number of nitrogens with zero attached hydrogens (tertiary/aromatic N) is 5. The summed E-state index contributed by atoms with van der Waals surface area (Å²) in [6.07, 6.45) is 8.16. The second kappa shape index (κ2) is 7.13. The molecule has 0 saturated carbocycles. The maximum atomic E-state index is 12.9. The first-order chi connectivity index (χ1) is 11.8. The number of hydrogen-bond acceptors (Lipinski definition) is 3. The van der Waals surface area contributed by atoms with Gasteiger partial charge in [0.05, 0.1) is 12.2 Å². The topological polar surface area (TPSA) is 44.6 Å². The number of aromatic nitrogens is 2. The van der Waals surface area contributed by atoms with Gasteiger partial charge in [0, 0.05) is 44.8 Å². The third kappa shape index (κ3) is 3.43. The highest BCUT2D eigenvalue weighted by molar-refractivity contribution is 5.74. The van der Waals surface area contributed by atoms with E-state index in [1.807, 2.05) is 11.1 Å². The van der Waals surface area contributed by atoms with Gasteiger partial charge in [-0.25, -0.2) is 4.79 Å². The van der Waals surface area contributed by atoms with Gasteiger partial charge in [0.2, 0.25) is 0 Å². The highest BCUT2D eigenvalue weighted by Crippen LogP contribution is 2.21. The number of carbonyl (C=O) groups is 1. The van der Waals surface area contributed by atoms with Gasteiger partial charge in [-0.1, -0.05) is 6.42 Å². The molecule has 2 saturated heterocycles. The van der Waals surface area contributed by atoms with Crippen LogP contribution in [0.15, 0.2) is 12.3 Å². The van der Waals surface area contributed by atoms with Crippen LogP contribution in [0.5, 0.6) is 0 Å². The van der Waals surface area contributed by atoms with Gasteiger partial charge >= 0.3 is 6.03 Å². The zero-order valence-electron chi connectivity index (χ0n) is 14.6. The standard InChI is InChI=1S/C18H29N5O/c24-18(21-10-4-5-11-21)22-13-16(12-20-8-2-1-3-9-20)14-23-17(15-22)6-7-19-23/h6-7,16H,1-5,8-15H2/t16-/m1/s1. The largest absolute Gasteiger partial charge is 0.325 e.